The SMILES string of the molecule is CCNC(=NCc1ccc(OC)c(F)c1)NCC(C)(O)c1cnn(C)c1. The fourth-order valence-electron chi connectivity index (χ4n) is 2.38. The standard InChI is InChI=1S/C18H26FN5O2/c1-5-20-17(21-9-13-6-7-16(26-4)15(19)8-13)22-12-18(2,25)14-10-23-24(3)11-14/h6-8,10-11,25H,5,9,12H2,1-4H3,(H2,20,21,22). The van der Waals surface area contributed by atoms with Crippen LogP contribution in [0.5, 0.6) is 5.75 Å². The van der Waals surface area contributed by atoms with Gasteiger partial charge >= 0.3 is 0 Å². The van der Waals surface area contributed by atoms with Crippen molar-refractivity contribution >= 4 is 5.96 Å². The van der Waals surface area contributed by atoms with E-state index in [0.29, 0.717) is 24.6 Å². The largest absolute Gasteiger partial charge is 0.494 e. The third-order valence-electron chi connectivity index (χ3n) is 3.91. The topological polar surface area (TPSA) is 83.7 Å². The molecule has 0 saturated heterocycles. The van der Waals surface area contributed by atoms with Gasteiger partial charge in [-0.15, -0.1) is 0 Å². The number of methoxy groups -OCH3 is 1. The fourth-order valence-corrected chi connectivity index (χ4v) is 2.38. The normalized spacial score (nSPS) is 14.0. The molecule has 1 aromatic carbocycles. The van der Waals surface area contributed by atoms with E-state index in [2.05, 4.69) is 20.7 Å². The summed E-state index contributed by atoms with van der Waals surface area (Å²) in [7, 11) is 3.23. The van der Waals surface area contributed by atoms with Gasteiger partial charge in [0.05, 0.1) is 26.4 Å². The second-order valence-electron chi connectivity index (χ2n) is 6.19. The van der Waals surface area contributed by atoms with E-state index in [4.69, 9.17) is 4.74 Å². The molecule has 0 radical (unpaired) electrons. The van der Waals surface area contributed by atoms with Crippen molar-refractivity contribution in [3.05, 3.63) is 47.5 Å². The summed E-state index contributed by atoms with van der Waals surface area (Å²) in [6.07, 6.45) is 3.40. The number of benzene rings is 1. The van der Waals surface area contributed by atoms with Gasteiger partial charge in [0.15, 0.2) is 17.5 Å². The Morgan fingerprint density at radius 3 is 2.77 bits per heavy atom. The van der Waals surface area contributed by atoms with E-state index in [1.165, 1.54) is 13.2 Å². The van der Waals surface area contributed by atoms with E-state index in [-0.39, 0.29) is 12.3 Å². The summed E-state index contributed by atoms with van der Waals surface area (Å²) < 4.78 is 20.3. The molecule has 26 heavy (non-hydrogen) atoms. The van der Waals surface area contributed by atoms with E-state index >= 15 is 0 Å². The van der Waals surface area contributed by atoms with Crippen molar-refractivity contribution in [1.82, 2.24) is 20.4 Å². The molecule has 7 nitrogen and oxygen atoms in total. The first-order chi connectivity index (χ1) is 12.4. The number of aliphatic imine (C=N–C) groups is 1. The number of nitrogens with zero attached hydrogens (tertiary/aromatic N) is 3. The second kappa shape index (κ2) is 8.66. The maximum Gasteiger partial charge on any atom is 0.191 e. The third kappa shape index (κ3) is 5.19. The molecule has 0 amide bonds. The molecule has 1 heterocycles. The number of aryl methyl sites for hydroxylation is 1. The van der Waals surface area contributed by atoms with Crippen molar-refractivity contribution in [2.45, 2.75) is 26.0 Å². The van der Waals surface area contributed by atoms with E-state index < -0.39 is 11.4 Å². The monoisotopic (exact) mass is 363 g/mol. The number of ether oxygens (including phenoxy) is 1. The number of aliphatic hydroxyl groups is 1. The summed E-state index contributed by atoms with van der Waals surface area (Å²) in [4.78, 5) is 4.44. The van der Waals surface area contributed by atoms with Crippen LogP contribution in [0.4, 0.5) is 4.39 Å². The summed E-state index contributed by atoms with van der Waals surface area (Å²) in [5.74, 6) is 0.320. The lowest BCUT2D eigenvalue weighted by molar-refractivity contribution is 0.0616. The summed E-state index contributed by atoms with van der Waals surface area (Å²) in [6.45, 7) is 4.87. The van der Waals surface area contributed by atoms with Crippen LogP contribution in [-0.2, 0) is 19.2 Å². The number of hydrogen-bond donors (Lipinski definition) is 3. The van der Waals surface area contributed by atoms with Crippen LogP contribution in [0.3, 0.4) is 0 Å². The zero-order valence-corrected chi connectivity index (χ0v) is 15.6. The number of hydrogen-bond acceptors (Lipinski definition) is 4. The Hall–Kier alpha value is -2.61. The third-order valence-corrected chi connectivity index (χ3v) is 3.91. The van der Waals surface area contributed by atoms with Crippen molar-refractivity contribution in [3.63, 3.8) is 0 Å². The molecular weight excluding hydrogens is 337 g/mol. The Morgan fingerprint density at radius 1 is 1.42 bits per heavy atom. The summed E-state index contributed by atoms with van der Waals surface area (Å²) >= 11 is 0. The minimum atomic E-state index is -1.10. The van der Waals surface area contributed by atoms with Gasteiger partial charge in [-0.3, -0.25) is 4.68 Å². The highest BCUT2D eigenvalue weighted by molar-refractivity contribution is 5.79. The van der Waals surface area contributed by atoms with E-state index in [9.17, 15) is 9.50 Å². The van der Waals surface area contributed by atoms with Crippen LogP contribution in [-0.4, -0.2) is 41.0 Å². The van der Waals surface area contributed by atoms with E-state index in [1.807, 2.05) is 6.92 Å². The van der Waals surface area contributed by atoms with Crippen LogP contribution < -0.4 is 15.4 Å². The highest BCUT2D eigenvalue weighted by Crippen LogP contribution is 2.19. The molecule has 1 aromatic heterocycles. The number of rotatable bonds is 7. The van der Waals surface area contributed by atoms with Crippen molar-refractivity contribution < 1.29 is 14.2 Å². The second-order valence-corrected chi connectivity index (χ2v) is 6.19. The summed E-state index contributed by atoms with van der Waals surface area (Å²) in [5, 5.41) is 20.9. The first kappa shape index (κ1) is 19.7. The lowest BCUT2D eigenvalue weighted by Gasteiger charge is -2.23. The quantitative estimate of drug-likeness (QED) is 0.513. The molecule has 0 saturated carbocycles. The van der Waals surface area contributed by atoms with Gasteiger partial charge < -0.3 is 20.5 Å². The first-order valence-electron chi connectivity index (χ1n) is 8.42. The Bertz CT molecular complexity index is 758. The molecule has 2 aromatic rings. The molecule has 8 heteroatoms. The van der Waals surface area contributed by atoms with Gasteiger partial charge in [-0.1, -0.05) is 6.07 Å². The minimum Gasteiger partial charge on any atom is -0.494 e. The van der Waals surface area contributed by atoms with Gasteiger partial charge in [-0.05, 0) is 31.5 Å². The molecule has 1 unspecified atom stereocenters. The molecule has 0 aliphatic heterocycles. The van der Waals surface area contributed by atoms with Crippen LogP contribution in [0.1, 0.15) is 25.0 Å². The number of nitrogens with one attached hydrogen (secondary N) is 2. The van der Waals surface area contributed by atoms with Crippen molar-refractivity contribution in [2.24, 2.45) is 12.0 Å². The molecule has 2 rings (SSSR count). The van der Waals surface area contributed by atoms with Crippen LogP contribution >= 0.6 is 0 Å². The highest BCUT2D eigenvalue weighted by Gasteiger charge is 2.24. The lowest BCUT2D eigenvalue weighted by atomic mass is 10.00. The zero-order valence-electron chi connectivity index (χ0n) is 15.6. The lowest BCUT2D eigenvalue weighted by Crippen LogP contribution is -2.44. The summed E-state index contributed by atoms with van der Waals surface area (Å²) in [6, 6.07) is 4.74. The van der Waals surface area contributed by atoms with Crippen molar-refractivity contribution in [2.75, 3.05) is 20.2 Å². The molecule has 0 aliphatic carbocycles. The maximum absolute atomic E-state index is 13.8. The molecule has 0 aliphatic rings. The van der Waals surface area contributed by atoms with Crippen LogP contribution in [0.25, 0.3) is 0 Å². The molecular formula is C18H26FN5O2. The maximum atomic E-state index is 13.8. The molecule has 0 bridgehead atoms. The number of aromatic nitrogens is 2. The van der Waals surface area contributed by atoms with Gasteiger partial charge in [-0.2, -0.15) is 5.10 Å². The van der Waals surface area contributed by atoms with Gasteiger partial charge in [0.1, 0.15) is 5.60 Å². The Balaban J connectivity index is 2.03. The minimum absolute atomic E-state index is 0.204. The van der Waals surface area contributed by atoms with Crippen LogP contribution in [0.15, 0.2) is 35.6 Å². The predicted octanol–water partition coefficient (Wildman–Crippen LogP) is 1.53. The van der Waals surface area contributed by atoms with E-state index in [1.54, 1.807) is 43.2 Å². The molecule has 142 valence electrons. The first-order valence-corrected chi connectivity index (χ1v) is 8.42. The number of guanidine groups is 1. The Morgan fingerprint density at radius 2 is 2.19 bits per heavy atom. The molecule has 1 atom stereocenters. The zero-order chi connectivity index (χ0) is 19.2. The van der Waals surface area contributed by atoms with Gasteiger partial charge in [-0.25, -0.2) is 9.38 Å². The highest BCUT2D eigenvalue weighted by atomic mass is 19.1. The van der Waals surface area contributed by atoms with Crippen LogP contribution in [0.2, 0.25) is 0 Å². The molecule has 0 fully saturated rings. The summed E-state index contributed by atoms with van der Waals surface area (Å²) in [5.41, 5.74) is 0.330. The van der Waals surface area contributed by atoms with Gasteiger partial charge in [0.2, 0.25) is 0 Å². The molecule has 3 N–H and O–H groups in total. The number of halogens is 1. The van der Waals surface area contributed by atoms with Crippen LogP contribution in [0, 0.1) is 5.82 Å². The Labute approximate surface area is 152 Å². The van der Waals surface area contributed by atoms with Crippen molar-refractivity contribution in [3.8, 4) is 5.75 Å². The Kier molecular flexibility index (Phi) is 6.57. The average molecular weight is 363 g/mol. The van der Waals surface area contributed by atoms with Gasteiger partial charge in [0, 0.05) is 25.4 Å². The average Bonchev–Trinajstić information content (AvgIpc) is 3.05. The van der Waals surface area contributed by atoms with E-state index in [0.717, 1.165) is 5.56 Å². The molecule has 0 spiro atoms. The van der Waals surface area contributed by atoms with Gasteiger partial charge in [0.25, 0.3) is 0 Å². The smallest absolute Gasteiger partial charge is 0.191 e. The predicted molar refractivity (Wildman–Crippen MR) is 98.5 cm³/mol. The van der Waals surface area contributed by atoms with Crippen molar-refractivity contribution in [1.29, 1.82) is 0 Å². The fraction of sp³-hybridized carbons (Fsp3) is 0.444.